The van der Waals surface area contributed by atoms with Gasteiger partial charge in [-0.25, -0.2) is 0 Å². The van der Waals surface area contributed by atoms with Gasteiger partial charge in [0.1, 0.15) is 0 Å². The number of rotatable bonds is 8. The minimum Gasteiger partial charge on any atom is -0.389 e. The molecule has 0 aliphatic rings. The molecule has 0 saturated heterocycles. The SMILES string of the molecule is C=C(C)CCNCC(C)(O)CCOC. The first-order valence-electron chi connectivity index (χ1n) is 5.04. The van der Waals surface area contributed by atoms with Gasteiger partial charge in [-0.05, 0) is 26.8 Å². The van der Waals surface area contributed by atoms with Gasteiger partial charge < -0.3 is 15.2 Å². The molecule has 0 fully saturated rings. The Labute approximate surface area is 87.2 Å². The second-order valence-corrected chi connectivity index (χ2v) is 4.12. The van der Waals surface area contributed by atoms with Crippen molar-refractivity contribution in [2.24, 2.45) is 0 Å². The molecule has 0 rings (SSSR count). The summed E-state index contributed by atoms with van der Waals surface area (Å²) in [7, 11) is 1.64. The van der Waals surface area contributed by atoms with Crippen molar-refractivity contribution in [3.63, 3.8) is 0 Å². The zero-order chi connectivity index (χ0) is 11.0. The maximum absolute atomic E-state index is 9.85. The van der Waals surface area contributed by atoms with Crippen molar-refractivity contribution < 1.29 is 9.84 Å². The van der Waals surface area contributed by atoms with Gasteiger partial charge in [0, 0.05) is 26.7 Å². The molecule has 0 saturated carbocycles. The highest BCUT2D eigenvalue weighted by Crippen LogP contribution is 2.07. The Bertz CT molecular complexity index is 167. The van der Waals surface area contributed by atoms with Crippen LogP contribution in [0, 0.1) is 0 Å². The normalized spacial score (nSPS) is 15.1. The predicted octanol–water partition coefficient (Wildman–Crippen LogP) is 1.33. The molecule has 0 amide bonds. The fourth-order valence-electron chi connectivity index (χ4n) is 1.07. The molecule has 1 atom stereocenters. The van der Waals surface area contributed by atoms with Crippen molar-refractivity contribution in [1.82, 2.24) is 5.32 Å². The van der Waals surface area contributed by atoms with Gasteiger partial charge in [-0.2, -0.15) is 0 Å². The zero-order valence-electron chi connectivity index (χ0n) is 9.60. The van der Waals surface area contributed by atoms with Crippen molar-refractivity contribution >= 4 is 0 Å². The fraction of sp³-hybridized carbons (Fsp3) is 0.818. The summed E-state index contributed by atoms with van der Waals surface area (Å²) < 4.78 is 4.92. The van der Waals surface area contributed by atoms with E-state index in [-0.39, 0.29) is 0 Å². The molecule has 0 aromatic carbocycles. The lowest BCUT2D eigenvalue weighted by Crippen LogP contribution is -2.39. The maximum atomic E-state index is 9.85. The number of nitrogens with one attached hydrogen (secondary N) is 1. The van der Waals surface area contributed by atoms with Crippen molar-refractivity contribution in [3.8, 4) is 0 Å². The van der Waals surface area contributed by atoms with Gasteiger partial charge in [0.25, 0.3) is 0 Å². The molecule has 0 bridgehead atoms. The molecule has 0 heterocycles. The van der Waals surface area contributed by atoms with Crippen LogP contribution in [0.25, 0.3) is 0 Å². The summed E-state index contributed by atoms with van der Waals surface area (Å²) in [5.41, 5.74) is 0.486. The molecule has 0 aromatic heterocycles. The summed E-state index contributed by atoms with van der Waals surface area (Å²) >= 11 is 0. The van der Waals surface area contributed by atoms with E-state index in [1.54, 1.807) is 7.11 Å². The van der Waals surface area contributed by atoms with Crippen LogP contribution < -0.4 is 5.32 Å². The highest BCUT2D eigenvalue weighted by Gasteiger charge is 2.18. The van der Waals surface area contributed by atoms with Crippen LogP contribution in [0.2, 0.25) is 0 Å². The van der Waals surface area contributed by atoms with Crippen LogP contribution in [-0.2, 0) is 4.74 Å². The summed E-state index contributed by atoms with van der Waals surface area (Å²) in [6.45, 7) is 9.71. The van der Waals surface area contributed by atoms with Gasteiger partial charge in [-0.1, -0.05) is 5.57 Å². The molecule has 14 heavy (non-hydrogen) atoms. The van der Waals surface area contributed by atoms with Gasteiger partial charge in [0.05, 0.1) is 5.60 Å². The summed E-state index contributed by atoms with van der Waals surface area (Å²) in [4.78, 5) is 0. The Hall–Kier alpha value is -0.380. The molecular formula is C11H23NO2. The van der Waals surface area contributed by atoms with E-state index < -0.39 is 5.60 Å². The number of hydrogen-bond donors (Lipinski definition) is 2. The largest absolute Gasteiger partial charge is 0.389 e. The Kier molecular flexibility index (Phi) is 6.79. The quantitative estimate of drug-likeness (QED) is 0.460. The van der Waals surface area contributed by atoms with Gasteiger partial charge in [0.2, 0.25) is 0 Å². The van der Waals surface area contributed by atoms with Crippen molar-refractivity contribution in [1.29, 1.82) is 0 Å². The summed E-state index contributed by atoms with van der Waals surface area (Å²) in [5, 5.41) is 13.0. The Morgan fingerprint density at radius 3 is 2.71 bits per heavy atom. The molecule has 0 radical (unpaired) electrons. The van der Waals surface area contributed by atoms with Gasteiger partial charge >= 0.3 is 0 Å². The van der Waals surface area contributed by atoms with E-state index in [2.05, 4.69) is 11.9 Å². The van der Waals surface area contributed by atoms with E-state index in [0.717, 1.165) is 18.5 Å². The Morgan fingerprint density at radius 2 is 2.21 bits per heavy atom. The van der Waals surface area contributed by atoms with Crippen LogP contribution in [0.15, 0.2) is 12.2 Å². The van der Waals surface area contributed by atoms with E-state index >= 15 is 0 Å². The van der Waals surface area contributed by atoms with Crippen LogP contribution in [0.4, 0.5) is 0 Å². The fourth-order valence-corrected chi connectivity index (χ4v) is 1.07. The van der Waals surface area contributed by atoms with Crippen molar-refractivity contribution in [3.05, 3.63) is 12.2 Å². The monoisotopic (exact) mass is 201 g/mol. The molecule has 84 valence electrons. The lowest BCUT2D eigenvalue weighted by atomic mass is 10.0. The third kappa shape index (κ3) is 8.23. The Balaban J connectivity index is 3.49. The topological polar surface area (TPSA) is 41.5 Å². The third-order valence-electron chi connectivity index (χ3n) is 2.08. The van der Waals surface area contributed by atoms with Crippen LogP contribution in [0.1, 0.15) is 26.7 Å². The van der Waals surface area contributed by atoms with Crippen LogP contribution >= 0.6 is 0 Å². The van der Waals surface area contributed by atoms with Crippen molar-refractivity contribution in [2.75, 3.05) is 26.8 Å². The molecular weight excluding hydrogens is 178 g/mol. The molecule has 0 aliphatic carbocycles. The number of methoxy groups -OCH3 is 1. The van der Waals surface area contributed by atoms with E-state index in [4.69, 9.17) is 4.74 Å². The molecule has 3 heteroatoms. The molecule has 1 unspecified atom stereocenters. The van der Waals surface area contributed by atoms with Crippen LogP contribution in [-0.4, -0.2) is 37.5 Å². The molecule has 0 spiro atoms. The first kappa shape index (κ1) is 13.6. The lowest BCUT2D eigenvalue weighted by Gasteiger charge is -2.23. The lowest BCUT2D eigenvalue weighted by molar-refractivity contribution is 0.0252. The summed E-state index contributed by atoms with van der Waals surface area (Å²) in [5.74, 6) is 0. The smallest absolute Gasteiger partial charge is 0.0765 e. The standard InChI is InChI=1S/C11H23NO2/c1-10(2)5-7-12-9-11(3,13)6-8-14-4/h12-13H,1,5-9H2,2-4H3. The highest BCUT2D eigenvalue weighted by atomic mass is 16.5. The highest BCUT2D eigenvalue weighted by molar-refractivity contribution is 4.88. The zero-order valence-corrected chi connectivity index (χ0v) is 9.60. The van der Waals surface area contributed by atoms with E-state index in [1.807, 2.05) is 13.8 Å². The summed E-state index contributed by atoms with van der Waals surface area (Å²) in [6.07, 6.45) is 1.62. The average Bonchev–Trinajstić information content (AvgIpc) is 2.09. The number of ether oxygens (including phenoxy) is 1. The molecule has 3 nitrogen and oxygen atoms in total. The molecule has 0 aliphatic heterocycles. The summed E-state index contributed by atoms with van der Waals surface area (Å²) in [6, 6.07) is 0. The van der Waals surface area contributed by atoms with Gasteiger partial charge in [-0.3, -0.25) is 0 Å². The average molecular weight is 201 g/mol. The third-order valence-corrected chi connectivity index (χ3v) is 2.08. The first-order chi connectivity index (χ1) is 6.48. The van der Waals surface area contributed by atoms with E-state index in [9.17, 15) is 5.11 Å². The van der Waals surface area contributed by atoms with E-state index in [1.165, 1.54) is 0 Å². The van der Waals surface area contributed by atoms with E-state index in [0.29, 0.717) is 19.6 Å². The molecule has 2 N–H and O–H groups in total. The van der Waals surface area contributed by atoms with Crippen LogP contribution in [0.5, 0.6) is 0 Å². The predicted molar refractivity (Wildman–Crippen MR) is 59.4 cm³/mol. The minimum absolute atomic E-state index is 0.592. The Morgan fingerprint density at radius 1 is 1.57 bits per heavy atom. The maximum Gasteiger partial charge on any atom is 0.0765 e. The number of hydrogen-bond acceptors (Lipinski definition) is 3. The number of aliphatic hydroxyl groups is 1. The first-order valence-corrected chi connectivity index (χ1v) is 5.04. The minimum atomic E-state index is -0.676. The van der Waals surface area contributed by atoms with Gasteiger partial charge in [-0.15, -0.1) is 6.58 Å². The van der Waals surface area contributed by atoms with Crippen LogP contribution in [0.3, 0.4) is 0 Å². The second kappa shape index (κ2) is 6.98. The van der Waals surface area contributed by atoms with Crippen molar-refractivity contribution in [2.45, 2.75) is 32.3 Å². The molecule has 0 aromatic rings. The van der Waals surface area contributed by atoms with Gasteiger partial charge in [0.15, 0.2) is 0 Å². The second-order valence-electron chi connectivity index (χ2n) is 4.12.